The molecular weight excluding hydrogens is 362 g/mol. The molecule has 0 aliphatic rings. The Balaban J connectivity index is 2.76. The highest BCUT2D eigenvalue weighted by Gasteiger charge is 2.46. The van der Waals surface area contributed by atoms with Crippen LogP contribution in [0.3, 0.4) is 0 Å². The number of aromatic nitrogens is 4. The molecule has 22 heavy (non-hydrogen) atoms. The number of nitrogens with two attached hydrogens (primary N) is 1. The Morgan fingerprint density at radius 3 is 2.73 bits per heavy atom. The Morgan fingerprint density at radius 2 is 2.23 bits per heavy atom. The lowest BCUT2D eigenvalue weighted by molar-refractivity contribution is 0.0914. The van der Waals surface area contributed by atoms with Crippen LogP contribution >= 0.6 is 34.8 Å². The summed E-state index contributed by atoms with van der Waals surface area (Å²) in [6.07, 6.45) is -1.39. The van der Waals surface area contributed by atoms with Gasteiger partial charge in [0.1, 0.15) is 6.33 Å². The van der Waals surface area contributed by atoms with Crippen molar-refractivity contribution in [3.8, 4) is 0 Å². The van der Waals surface area contributed by atoms with Crippen molar-refractivity contribution < 1.29 is 14.3 Å². The number of hydrogen-bond donors (Lipinski definition) is 2. The first-order valence-electron chi connectivity index (χ1n) is 5.87. The molecule has 0 bridgehead atoms. The highest BCUT2D eigenvalue weighted by molar-refractivity contribution is 6.49. The van der Waals surface area contributed by atoms with Crippen LogP contribution in [0.1, 0.15) is 6.92 Å². The Labute approximate surface area is 138 Å². The summed E-state index contributed by atoms with van der Waals surface area (Å²) in [5.74, 6) is -0.223. The summed E-state index contributed by atoms with van der Waals surface area (Å²) in [7, 11) is 0. The number of nitrogen functional groups attached to an aromatic ring is 1. The SMILES string of the molecule is CCN(C(=O)O)C(Cl)(C(Cl)Cl)n1cnc2c(N)nc(F)nc21. The Kier molecular flexibility index (Phi) is 4.50. The number of hydrogen-bond acceptors (Lipinski definition) is 5. The zero-order valence-corrected chi connectivity index (χ0v) is 13.3. The summed E-state index contributed by atoms with van der Waals surface area (Å²) in [6, 6.07) is 0. The molecule has 0 spiro atoms. The van der Waals surface area contributed by atoms with Crippen molar-refractivity contribution in [2.45, 2.75) is 16.9 Å². The first kappa shape index (κ1) is 16.8. The van der Waals surface area contributed by atoms with Gasteiger partial charge in [0.05, 0.1) is 0 Å². The van der Waals surface area contributed by atoms with Crippen LogP contribution in [0.15, 0.2) is 6.33 Å². The van der Waals surface area contributed by atoms with Gasteiger partial charge >= 0.3 is 12.2 Å². The van der Waals surface area contributed by atoms with E-state index in [9.17, 15) is 14.3 Å². The van der Waals surface area contributed by atoms with Crippen molar-refractivity contribution in [3.05, 3.63) is 12.4 Å². The molecule has 2 heterocycles. The molecule has 2 aromatic rings. The number of anilines is 1. The van der Waals surface area contributed by atoms with E-state index in [1.807, 2.05) is 0 Å². The van der Waals surface area contributed by atoms with E-state index in [4.69, 9.17) is 40.5 Å². The quantitative estimate of drug-likeness (QED) is 0.484. The highest BCUT2D eigenvalue weighted by atomic mass is 35.5. The number of carbonyl (C=O) groups is 1. The Hall–Kier alpha value is -1.58. The largest absolute Gasteiger partial charge is 0.465 e. The lowest BCUT2D eigenvalue weighted by Gasteiger charge is -2.38. The fraction of sp³-hybridized carbons (Fsp3) is 0.400. The smallest absolute Gasteiger partial charge is 0.410 e. The van der Waals surface area contributed by atoms with Crippen LogP contribution in [0, 0.1) is 6.08 Å². The highest BCUT2D eigenvalue weighted by Crippen LogP contribution is 2.39. The van der Waals surface area contributed by atoms with Crippen LogP contribution in [0.4, 0.5) is 15.0 Å². The van der Waals surface area contributed by atoms with Gasteiger partial charge in [0, 0.05) is 6.54 Å². The molecule has 1 atom stereocenters. The van der Waals surface area contributed by atoms with E-state index in [0.717, 1.165) is 15.8 Å². The van der Waals surface area contributed by atoms with E-state index >= 15 is 0 Å². The van der Waals surface area contributed by atoms with E-state index in [1.54, 1.807) is 0 Å². The van der Waals surface area contributed by atoms with Crippen molar-refractivity contribution >= 4 is 57.9 Å². The van der Waals surface area contributed by atoms with Crippen LogP contribution in [0.2, 0.25) is 0 Å². The molecule has 0 fully saturated rings. The molecule has 12 heteroatoms. The zero-order valence-electron chi connectivity index (χ0n) is 11.0. The molecule has 1 unspecified atom stereocenters. The molecule has 8 nitrogen and oxygen atoms in total. The van der Waals surface area contributed by atoms with Gasteiger partial charge in [-0.25, -0.2) is 9.78 Å². The summed E-state index contributed by atoms with van der Waals surface area (Å²) in [4.78, 5) is 21.5. The van der Waals surface area contributed by atoms with Gasteiger partial charge in [-0.15, -0.1) is 0 Å². The fourth-order valence-corrected chi connectivity index (χ4v) is 2.73. The number of nitrogens with zero attached hydrogens (tertiary/aromatic N) is 5. The number of halogens is 4. The van der Waals surface area contributed by atoms with Gasteiger partial charge in [0.15, 0.2) is 21.8 Å². The van der Waals surface area contributed by atoms with Gasteiger partial charge in [-0.3, -0.25) is 9.47 Å². The normalized spacial score (nSPS) is 14.3. The van der Waals surface area contributed by atoms with Crippen LogP contribution in [0.25, 0.3) is 11.2 Å². The third-order valence-electron chi connectivity index (χ3n) is 2.94. The number of carboxylic acid groups (broad SMARTS) is 1. The van der Waals surface area contributed by atoms with Crippen molar-refractivity contribution in [2.24, 2.45) is 0 Å². The van der Waals surface area contributed by atoms with E-state index < -0.39 is 22.1 Å². The van der Waals surface area contributed by atoms with Crippen LogP contribution in [0.5, 0.6) is 0 Å². The third kappa shape index (κ3) is 2.49. The minimum Gasteiger partial charge on any atom is -0.465 e. The molecule has 2 aromatic heterocycles. The molecule has 2 rings (SSSR count). The van der Waals surface area contributed by atoms with E-state index in [1.165, 1.54) is 6.92 Å². The van der Waals surface area contributed by atoms with Gasteiger partial charge in [-0.05, 0) is 6.92 Å². The first-order valence-corrected chi connectivity index (χ1v) is 7.12. The van der Waals surface area contributed by atoms with Crippen LogP contribution in [-0.2, 0) is 5.12 Å². The van der Waals surface area contributed by atoms with Gasteiger partial charge in [-0.1, -0.05) is 34.8 Å². The second-order valence-corrected chi connectivity index (χ2v) is 5.78. The maximum atomic E-state index is 13.4. The predicted molar refractivity (Wildman–Crippen MR) is 79.4 cm³/mol. The van der Waals surface area contributed by atoms with Gasteiger partial charge < -0.3 is 10.8 Å². The second-order valence-electron chi connectivity index (χ2n) is 4.13. The summed E-state index contributed by atoms with van der Waals surface area (Å²) < 4.78 is 14.4. The lowest BCUT2D eigenvalue weighted by atomic mass is 10.4. The third-order valence-corrected chi connectivity index (χ3v) is 4.37. The molecular formula is C10H10Cl3FN6O2. The zero-order chi connectivity index (χ0) is 16.7. The maximum absolute atomic E-state index is 13.4. The van der Waals surface area contributed by atoms with Gasteiger partial charge in [-0.2, -0.15) is 14.4 Å². The molecule has 0 aliphatic carbocycles. The molecule has 0 saturated heterocycles. The van der Waals surface area contributed by atoms with Crippen molar-refractivity contribution in [2.75, 3.05) is 12.3 Å². The second kappa shape index (κ2) is 5.90. The Bertz CT molecular complexity index is 726. The number of imidazole rings is 1. The summed E-state index contributed by atoms with van der Waals surface area (Å²) in [5, 5.41) is 7.30. The Morgan fingerprint density at radius 1 is 1.59 bits per heavy atom. The molecule has 0 aromatic carbocycles. The van der Waals surface area contributed by atoms with Crippen LogP contribution < -0.4 is 5.73 Å². The number of fused-ring (bicyclic) bond motifs is 1. The summed E-state index contributed by atoms with van der Waals surface area (Å²) in [6.45, 7) is 1.49. The average Bonchev–Trinajstić information content (AvgIpc) is 2.82. The molecule has 120 valence electrons. The number of rotatable bonds is 4. The van der Waals surface area contributed by atoms with Crippen LogP contribution in [-0.4, -0.2) is 47.0 Å². The topological polar surface area (TPSA) is 110 Å². The number of amides is 1. The number of alkyl halides is 3. The van der Waals surface area contributed by atoms with Crippen molar-refractivity contribution in [1.82, 2.24) is 24.4 Å². The minimum absolute atomic E-state index is 0.0434. The molecule has 0 radical (unpaired) electrons. The molecule has 0 saturated carbocycles. The van der Waals surface area contributed by atoms with Gasteiger partial charge in [0.25, 0.3) is 0 Å². The van der Waals surface area contributed by atoms with E-state index in [0.29, 0.717) is 0 Å². The fourth-order valence-electron chi connectivity index (χ4n) is 1.97. The van der Waals surface area contributed by atoms with E-state index in [2.05, 4.69) is 15.0 Å². The first-order chi connectivity index (χ1) is 10.2. The van der Waals surface area contributed by atoms with Crippen molar-refractivity contribution in [3.63, 3.8) is 0 Å². The van der Waals surface area contributed by atoms with E-state index in [-0.39, 0.29) is 23.5 Å². The molecule has 0 aliphatic heterocycles. The van der Waals surface area contributed by atoms with Crippen molar-refractivity contribution in [1.29, 1.82) is 0 Å². The standard InChI is InChI=1S/C10H10Cl3FN6O2/c1-2-19(9(21)22)10(13,7(11)12)20-3-16-4-5(15)17-8(14)18-6(4)20/h3,7H,2H2,1H3,(H,21,22)(H2,15,17,18). The molecule has 1 amide bonds. The summed E-state index contributed by atoms with van der Waals surface area (Å²) >= 11 is 18.1. The molecule has 3 N–H and O–H groups in total. The maximum Gasteiger partial charge on any atom is 0.410 e. The average molecular weight is 372 g/mol. The summed E-state index contributed by atoms with van der Waals surface area (Å²) in [5.41, 5.74) is 5.46. The van der Waals surface area contributed by atoms with Gasteiger partial charge in [0.2, 0.25) is 5.12 Å². The monoisotopic (exact) mass is 370 g/mol. The minimum atomic E-state index is -1.99. The lowest BCUT2D eigenvalue weighted by Crippen LogP contribution is -2.53. The predicted octanol–water partition coefficient (Wildman–Crippen LogP) is 2.20.